The van der Waals surface area contributed by atoms with Crippen LogP contribution in [-0.4, -0.2) is 19.2 Å². The molecule has 1 N–H and O–H groups in total. The van der Waals surface area contributed by atoms with Gasteiger partial charge in [-0.3, -0.25) is 0 Å². The van der Waals surface area contributed by atoms with Gasteiger partial charge in [-0.05, 0) is 35.2 Å². The molecule has 0 saturated heterocycles. The molecule has 106 valence electrons. The molecule has 2 aromatic carbocycles. The molecular formula is C18H23NO. The topological polar surface area (TPSA) is 23.5 Å². The number of aliphatic hydroxyl groups excluding tert-OH is 1. The predicted octanol–water partition coefficient (Wildman–Crippen LogP) is 3.79. The first-order valence-corrected chi connectivity index (χ1v) is 7.16. The minimum Gasteiger partial charge on any atom is -0.384 e. The van der Waals surface area contributed by atoms with Crippen molar-refractivity contribution in [2.24, 2.45) is 0 Å². The summed E-state index contributed by atoms with van der Waals surface area (Å²) in [6, 6.07) is 16.3. The molecule has 2 heteroatoms. The van der Waals surface area contributed by atoms with Crippen LogP contribution in [0.2, 0.25) is 0 Å². The summed E-state index contributed by atoms with van der Waals surface area (Å²) in [5.41, 5.74) is 4.29. The summed E-state index contributed by atoms with van der Waals surface area (Å²) in [6.07, 6.45) is 1.61. The van der Waals surface area contributed by atoms with Crippen molar-refractivity contribution in [1.82, 2.24) is 0 Å². The van der Waals surface area contributed by atoms with Crippen LogP contribution in [0.25, 0.3) is 0 Å². The molecule has 0 aliphatic heterocycles. The molecule has 1 unspecified atom stereocenters. The van der Waals surface area contributed by atoms with Crippen LogP contribution in [0.3, 0.4) is 0 Å². The number of aliphatic hydroxyl groups is 1. The van der Waals surface area contributed by atoms with Crippen LogP contribution in [0, 0.1) is 0 Å². The van der Waals surface area contributed by atoms with E-state index in [1.165, 1.54) is 5.56 Å². The van der Waals surface area contributed by atoms with Crippen molar-refractivity contribution in [3.63, 3.8) is 0 Å². The minimum atomic E-state index is -0.563. The van der Waals surface area contributed by atoms with Crippen molar-refractivity contribution < 1.29 is 5.11 Å². The van der Waals surface area contributed by atoms with E-state index in [-0.39, 0.29) is 0 Å². The predicted molar refractivity (Wildman–Crippen MR) is 85.3 cm³/mol. The Bertz CT molecular complexity index is 563. The van der Waals surface area contributed by atoms with E-state index in [1.807, 2.05) is 55.4 Å². The van der Waals surface area contributed by atoms with Crippen LogP contribution >= 0.6 is 0 Å². The Hall–Kier alpha value is -1.80. The smallest absolute Gasteiger partial charge is 0.104 e. The maximum absolute atomic E-state index is 10.6. The molecular weight excluding hydrogens is 246 g/mol. The Morgan fingerprint density at radius 3 is 2.30 bits per heavy atom. The molecule has 0 aromatic heterocycles. The van der Waals surface area contributed by atoms with Crippen molar-refractivity contribution >= 4 is 5.69 Å². The molecule has 0 aliphatic rings. The number of aryl methyl sites for hydroxylation is 1. The lowest BCUT2D eigenvalue weighted by Crippen LogP contribution is -2.09. The van der Waals surface area contributed by atoms with Crippen molar-refractivity contribution in [3.8, 4) is 0 Å². The van der Waals surface area contributed by atoms with Gasteiger partial charge in [0.25, 0.3) is 0 Å². The number of rotatable bonds is 5. The minimum absolute atomic E-state index is 0.563. The number of nitrogens with zero attached hydrogens (tertiary/aromatic N) is 1. The van der Waals surface area contributed by atoms with Crippen LogP contribution in [0.5, 0.6) is 0 Å². The summed E-state index contributed by atoms with van der Waals surface area (Å²) in [5, 5.41) is 10.6. The van der Waals surface area contributed by atoms with Crippen LogP contribution in [0.4, 0.5) is 5.69 Å². The van der Waals surface area contributed by atoms with Gasteiger partial charge >= 0.3 is 0 Å². The molecule has 2 nitrogen and oxygen atoms in total. The van der Waals surface area contributed by atoms with E-state index in [0.717, 1.165) is 29.7 Å². The van der Waals surface area contributed by atoms with E-state index in [1.54, 1.807) is 0 Å². The lowest BCUT2D eigenvalue weighted by molar-refractivity contribution is 0.220. The van der Waals surface area contributed by atoms with Gasteiger partial charge in [0.2, 0.25) is 0 Å². The number of hydrogen-bond donors (Lipinski definition) is 1. The maximum atomic E-state index is 10.6. The summed E-state index contributed by atoms with van der Waals surface area (Å²) in [4.78, 5) is 2.05. The molecule has 2 aromatic rings. The quantitative estimate of drug-likeness (QED) is 0.892. The standard InChI is InChI=1S/C18H23NO/c1-4-7-14-8-5-9-15(12-14)18(20)16-10-6-11-17(13-16)19(2)3/h5-6,8-13,18,20H,4,7H2,1-3H3. The fourth-order valence-corrected chi connectivity index (χ4v) is 2.37. The SMILES string of the molecule is CCCc1cccc(C(O)c2cccc(N(C)C)c2)c1. The first-order valence-electron chi connectivity index (χ1n) is 7.16. The average Bonchev–Trinajstić information content (AvgIpc) is 2.47. The highest BCUT2D eigenvalue weighted by molar-refractivity contribution is 5.49. The summed E-state index contributed by atoms with van der Waals surface area (Å²) in [5.74, 6) is 0. The normalized spacial score (nSPS) is 12.2. The molecule has 1 atom stereocenters. The molecule has 0 radical (unpaired) electrons. The Kier molecular flexibility index (Phi) is 4.80. The third kappa shape index (κ3) is 3.40. The summed E-state index contributed by atoms with van der Waals surface area (Å²) in [7, 11) is 4.01. The van der Waals surface area contributed by atoms with Gasteiger partial charge in [0.05, 0.1) is 0 Å². The van der Waals surface area contributed by atoms with Gasteiger partial charge in [-0.15, -0.1) is 0 Å². The number of benzene rings is 2. The first kappa shape index (κ1) is 14.6. The zero-order valence-electron chi connectivity index (χ0n) is 12.5. The molecule has 0 saturated carbocycles. The molecule has 0 heterocycles. The number of anilines is 1. The second-order valence-corrected chi connectivity index (χ2v) is 5.39. The molecule has 2 rings (SSSR count). The second kappa shape index (κ2) is 6.58. The molecule has 0 amide bonds. The fourth-order valence-electron chi connectivity index (χ4n) is 2.37. The second-order valence-electron chi connectivity index (χ2n) is 5.39. The van der Waals surface area contributed by atoms with Gasteiger partial charge in [0.15, 0.2) is 0 Å². The van der Waals surface area contributed by atoms with Crippen molar-refractivity contribution in [2.45, 2.75) is 25.9 Å². The molecule has 0 spiro atoms. The largest absolute Gasteiger partial charge is 0.384 e. The van der Waals surface area contributed by atoms with Crippen LogP contribution in [-0.2, 0) is 6.42 Å². The third-order valence-corrected chi connectivity index (χ3v) is 3.51. The van der Waals surface area contributed by atoms with E-state index < -0.39 is 6.10 Å². The average molecular weight is 269 g/mol. The zero-order valence-corrected chi connectivity index (χ0v) is 12.5. The highest BCUT2D eigenvalue weighted by atomic mass is 16.3. The highest BCUT2D eigenvalue weighted by Crippen LogP contribution is 2.25. The molecule has 0 aliphatic carbocycles. The maximum Gasteiger partial charge on any atom is 0.104 e. The van der Waals surface area contributed by atoms with E-state index >= 15 is 0 Å². The lowest BCUT2D eigenvalue weighted by Gasteiger charge is -2.17. The lowest BCUT2D eigenvalue weighted by atomic mass is 9.98. The van der Waals surface area contributed by atoms with Gasteiger partial charge in [-0.1, -0.05) is 49.7 Å². The van der Waals surface area contributed by atoms with Crippen molar-refractivity contribution in [2.75, 3.05) is 19.0 Å². The van der Waals surface area contributed by atoms with Gasteiger partial charge in [0.1, 0.15) is 6.10 Å². The van der Waals surface area contributed by atoms with Crippen LogP contribution in [0.15, 0.2) is 48.5 Å². The van der Waals surface area contributed by atoms with Gasteiger partial charge < -0.3 is 10.0 Å². The van der Waals surface area contributed by atoms with Crippen molar-refractivity contribution in [1.29, 1.82) is 0 Å². The van der Waals surface area contributed by atoms with Gasteiger partial charge in [0, 0.05) is 19.8 Å². The third-order valence-electron chi connectivity index (χ3n) is 3.51. The van der Waals surface area contributed by atoms with E-state index in [9.17, 15) is 5.11 Å². The summed E-state index contributed by atoms with van der Waals surface area (Å²) in [6.45, 7) is 2.17. The summed E-state index contributed by atoms with van der Waals surface area (Å²) < 4.78 is 0. The van der Waals surface area contributed by atoms with E-state index in [4.69, 9.17) is 0 Å². The van der Waals surface area contributed by atoms with Crippen molar-refractivity contribution in [3.05, 3.63) is 65.2 Å². The van der Waals surface area contributed by atoms with E-state index in [0.29, 0.717) is 0 Å². The first-order chi connectivity index (χ1) is 9.61. The van der Waals surface area contributed by atoms with Crippen LogP contribution < -0.4 is 4.90 Å². The van der Waals surface area contributed by atoms with Crippen LogP contribution in [0.1, 0.15) is 36.1 Å². The molecule has 0 bridgehead atoms. The summed E-state index contributed by atoms with van der Waals surface area (Å²) >= 11 is 0. The van der Waals surface area contributed by atoms with E-state index in [2.05, 4.69) is 19.1 Å². The Labute approximate surface area is 121 Å². The number of hydrogen-bond acceptors (Lipinski definition) is 2. The Morgan fingerprint density at radius 2 is 1.65 bits per heavy atom. The molecule has 0 fully saturated rings. The monoisotopic (exact) mass is 269 g/mol. The zero-order chi connectivity index (χ0) is 14.5. The van der Waals surface area contributed by atoms with Gasteiger partial charge in [-0.2, -0.15) is 0 Å². The molecule has 20 heavy (non-hydrogen) atoms. The van der Waals surface area contributed by atoms with Gasteiger partial charge in [-0.25, -0.2) is 0 Å². The fraction of sp³-hybridized carbons (Fsp3) is 0.333. The Morgan fingerprint density at radius 1 is 1.00 bits per heavy atom. The highest BCUT2D eigenvalue weighted by Gasteiger charge is 2.11. The Balaban J connectivity index is 2.28.